The molecule has 0 radical (unpaired) electrons. The summed E-state index contributed by atoms with van der Waals surface area (Å²) in [5.74, 6) is 0. The highest BCUT2D eigenvalue weighted by atomic mass is 32.2. The molecule has 2 aromatic carbocycles. The van der Waals surface area contributed by atoms with Gasteiger partial charge in [-0.05, 0) is 35.2 Å². The van der Waals surface area contributed by atoms with E-state index in [1.165, 1.54) is 18.4 Å². The zero-order chi connectivity index (χ0) is 14.8. The summed E-state index contributed by atoms with van der Waals surface area (Å²) in [7, 11) is -3.20. The zero-order valence-electron chi connectivity index (χ0n) is 11.6. The predicted molar refractivity (Wildman–Crippen MR) is 79.4 cm³/mol. The maximum atomic E-state index is 11.4. The van der Waals surface area contributed by atoms with Crippen LogP contribution in [0.25, 0.3) is 0 Å². The smallest absolute Gasteiger partial charge is 0.175 e. The van der Waals surface area contributed by atoms with Crippen molar-refractivity contribution in [1.82, 2.24) is 0 Å². The molecule has 0 aliphatic heterocycles. The van der Waals surface area contributed by atoms with Crippen LogP contribution in [0.1, 0.15) is 29.7 Å². The molecule has 0 amide bonds. The maximum absolute atomic E-state index is 11.4. The Labute approximate surface area is 119 Å². The zero-order valence-corrected chi connectivity index (χ0v) is 12.4. The summed E-state index contributed by atoms with van der Waals surface area (Å²) in [6.45, 7) is 2.06. The van der Waals surface area contributed by atoms with E-state index < -0.39 is 15.9 Å². The van der Waals surface area contributed by atoms with Gasteiger partial charge in [0.05, 0.1) is 4.90 Å². The van der Waals surface area contributed by atoms with E-state index in [2.05, 4.69) is 6.92 Å². The van der Waals surface area contributed by atoms with Crippen LogP contribution in [0.5, 0.6) is 0 Å². The van der Waals surface area contributed by atoms with Crippen LogP contribution in [-0.4, -0.2) is 19.8 Å². The second-order valence-electron chi connectivity index (χ2n) is 4.84. The SMILES string of the molecule is CCc1cccc(C(O)c2ccc(S(C)(=O)=O)cc2)c1. The quantitative estimate of drug-likeness (QED) is 0.942. The first-order valence-electron chi connectivity index (χ1n) is 6.48. The number of rotatable bonds is 4. The van der Waals surface area contributed by atoms with E-state index in [1.807, 2.05) is 24.3 Å². The molecule has 20 heavy (non-hydrogen) atoms. The van der Waals surface area contributed by atoms with E-state index in [-0.39, 0.29) is 4.90 Å². The van der Waals surface area contributed by atoms with Gasteiger partial charge >= 0.3 is 0 Å². The van der Waals surface area contributed by atoms with Crippen LogP contribution in [0.15, 0.2) is 53.4 Å². The minimum atomic E-state index is -3.20. The van der Waals surface area contributed by atoms with Crippen molar-refractivity contribution in [2.45, 2.75) is 24.3 Å². The molecule has 0 saturated heterocycles. The molecule has 2 aromatic rings. The van der Waals surface area contributed by atoms with Crippen molar-refractivity contribution in [2.24, 2.45) is 0 Å². The lowest BCUT2D eigenvalue weighted by molar-refractivity contribution is 0.220. The Balaban J connectivity index is 2.31. The first-order chi connectivity index (χ1) is 9.41. The molecule has 0 aromatic heterocycles. The Morgan fingerprint density at radius 2 is 1.70 bits per heavy atom. The summed E-state index contributed by atoms with van der Waals surface area (Å²) < 4.78 is 22.8. The van der Waals surface area contributed by atoms with Crippen molar-refractivity contribution >= 4 is 9.84 Å². The molecule has 3 nitrogen and oxygen atoms in total. The van der Waals surface area contributed by atoms with Crippen molar-refractivity contribution in [3.05, 3.63) is 65.2 Å². The summed E-state index contributed by atoms with van der Waals surface area (Å²) in [5, 5.41) is 10.4. The normalized spacial score (nSPS) is 13.2. The number of aryl methyl sites for hydroxylation is 1. The summed E-state index contributed by atoms with van der Waals surface area (Å²) >= 11 is 0. The van der Waals surface area contributed by atoms with E-state index in [0.717, 1.165) is 17.5 Å². The van der Waals surface area contributed by atoms with Gasteiger partial charge in [0.15, 0.2) is 9.84 Å². The number of aliphatic hydroxyl groups is 1. The lowest BCUT2D eigenvalue weighted by atomic mass is 9.99. The van der Waals surface area contributed by atoms with E-state index in [9.17, 15) is 13.5 Å². The Hall–Kier alpha value is -1.65. The molecule has 1 N–H and O–H groups in total. The van der Waals surface area contributed by atoms with Crippen LogP contribution in [0.3, 0.4) is 0 Å². The van der Waals surface area contributed by atoms with Gasteiger partial charge in [-0.25, -0.2) is 8.42 Å². The molecule has 4 heteroatoms. The van der Waals surface area contributed by atoms with Crippen LogP contribution in [0, 0.1) is 0 Å². The highest BCUT2D eigenvalue weighted by molar-refractivity contribution is 7.90. The second-order valence-corrected chi connectivity index (χ2v) is 6.86. The van der Waals surface area contributed by atoms with Crippen LogP contribution >= 0.6 is 0 Å². The first-order valence-corrected chi connectivity index (χ1v) is 8.38. The minimum absolute atomic E-state index is 0.260. The molecule has 1 atom stereocenters. The topological polar surface area (TPSA) is 54.4 Å². The van der Waals surface area contributed by atoms with Crippen molar-refractivity contribution in [3.63, 3.8) is 0 Å². The number of sulfone groups is 1. The van der Waals surface area contributed by atoms with Crippen molar-refractivity contribution in [3.8, 4) is 0 Å². The van der Waals surface area contributed by atoms with Crippen molar-refractivity contribution in [2.75, 3.05) is 6.26 Å². The van der Waals surface area contributed by atoms with E-state index in [4.69, 9.17) is 0 Å². The van der Waals surface area contributed by atoms with Crippen LogP contribution in [0.2, 0.25) is 0 Å². The second kappa shape index (κ2) is 5.77. The monoisotopic (exact) mass is 290 g/mol. The van der Waals surface area contributed by atoms with Gasteiger partial charge in [0.1, 0.15) is 6.10 Å². The Morgan fingerprint density at radius 3 is 2.25 bits per heavy atom. The summed E-state index contributed by atoms with van der Waals surface area (Å²) in [6, 6.07) is 14.1. The lowest BCUT2D eigenvalue weighted by Gasteiger charge is -2.13. The summed E-state index contributed by atoms with van der Waals surface area (Å²) in [5.41, 5.74) is 2.66. The average molecular weight is 290 g/mol. The lowest BCUT2D eigenvalue weighted by Crippen LogP contribution is -2.02. The third kappa shape index (κ3) is 3.26. The maximum Gasteiger partial charge on any atom is 0.175 e. The molecule has 0 heterocycles. The van der Waals surface area contributed by atoms with Crippen LogP contribution < -0.4 is 0 Å². The highest BCUT2D eigenvalue weighted by Gasteiger charge is 2.12. The van der Waals surface area contributed by atoms with E-state index in [1.54, 1.807) is 12.1 Å². The fraction of sp³-hybridized carbons (Fsp3) is 0.250. The number of benzene rings is 2. The molecule has 1 unspecified atom stereocenters. The van der Waals surface area contributed by atoms with Crippen LogP contribution in [-0.2, 0) is 16.3 Å². The van der Waals surface area contributed by atoms with Crippen molar-refractivity contribution in [1.29, 1.82) is 0 Å². The Bertz CT molecular complexity index is 688. The van der Waals surface area contributed by atoms with Gasteiger partial charge in [-0.15, -0.1) is 0 Å². The third-order valence-electron chi connectivity index (χ3n) is 3.30. The molecular formula is C16H18O3S. The average Bonchev–Trinajstić information content (AvgIpc) is 2.46. The Kier molecular flexibility index (Phi) is 4.26. The molecule has 106 valence electrons. The van der Waals surface area contributed by atoms with Crippen molar-refractivity contribution < 1.29 is 13.5 Å². The van der Waals surface area contributed by atoms with E-state index >= 15 is 0 Å². The fourth-order valence-electron chi connectivity index (χ4n) is 2.07. The molecule has 2 rings (SSSR count). The molecule has 0 aliphatic rings. The molecule has 0 aliphatic carbocycles. The Morgan fingerprint density at radius 1 is 1.05 bits per heavy atom. The number of hydrogen-bond acceptors (Lipinski definition) is 3. The van der Waals surface area contributed by atoms with E-state index in [0.29, 0.717) is 5.56 Å². The number of hydrogen-bond donors (Lipinski definition) is 1. The number of aliphatic hydroxyl groups excluding tert-OH is 1. The van der Waals surface area contributed by atoms with Gasteiger partial charge in [0.2, 0.25) is 0 Å². The van der Waals surface area contributed by atoms with Gasteiger partial charge in [-0.3, -0.25) is 0 Å². The van der Waals surface area contributed by atoms with Gasteiger partial charge in [0.25, 0.3) is 0 Å². The van der Waals surface area contributed by atoms with Crippen LogP contribution in [0.4, 0.5) is 0 Å². The van der Waals surface area contributed by atoms with Gasteiger partial charge in [-0.2, -0.15) is 0 Å². The standard InChI is InChI=1S/C16H18O3S/c1-3-12-5-4-6-14(11-12)16(17)13-7-9-15(10-8-13)20(2,18)19/h4-11,16-17H,3H2,1-2H3. The molecule has 0 spiro atoms. The molecule has 0 fully saturated rings. The highest BCUT2D eigenvalue weighted by Crippen LogP contribution is 2.24. The third-order valence-corrected chi connectivity index (χ3v) is 4.43. The molecule has 0 saturated carbocycles. The molecular weight excluding hydrogens is 272 g/mol. The summed E-state index contributed by atoms with van der Waals surface area (Å²) in [4.78, 5) is 0.260. The minimum Gasteiger partial charge on any atom is -0.384 e. The van der Waals surface area contributed by atoms with Gasteiger partial charge in [-0.1, -0.05) is 43.3 Å². The first kappa shape index (κ1) is 14.8. The fourth-order valence-corrected chi connectivity index (χ4v) is 2.70. The summed E-state index contributed by atoms with van der Waals surface area (Å²) in [6.07, 6.45) is 1.34. The largest absolute Gasteiger partial charge is 0.384 e. The van der Waals surface area contributed by atoms with Gasteiger partial charge < -0.3 is 5.11 Å². The predicted octanol–water partition coefficient (Wildman–Crippen LogP) is 2.73. The molecule has 0 bridgehead atoms. The van der Waals surface area contributed by atoms with Gasteiger partial charge in [0, 0.05) is 6.26 Å².